The summed E-state index contributed by atoms with van der Waals surface area (Å²) in [5.41, 5.74) is 0. The van der Waals surface area contributed by atoms with Gasteiger partial charge in [0, 0.05) is 25.6 Å². The molecule has 3 nitrogen and oxygen atoms in total. The van der Waals surface area contributed by atoms with E-state index in [-0.39, 0.29) is 0 Å². The number of unbranched alkanes of at least 4 members (excludes halogenated alkanes) is 3. The highest BCUT2D eigenvalue weighted by Gasteiger charge is 2.23. The van der Waals surface area contributed by atoms with Crippen molar-refractivity contribution in [1.82, 2.24) is 10.2 Å². The third kappa shape index (κ3) is 10.0. The first kappa shape index (κ1) is 22.4. The minimum atomic E-state index is 0.405. The second-order valence-electron chi connectivity index (χ2n) is 6.65. The van der Waals surface area contributed by atoms with Crippen molar-refractivity contribution in [3.63, 3.8) is 0 Å². The fraction of sp³-hybridized carbons (Fsp3) is 0.950. The summed E-state index contributed by atoms with van der Waals surface area (Å²) in [6.07, 6.45) is 11.9. The number of hydrogen-bond donors (Lipinski definition) is 1. The van der Waals surface area contributed by atoms with Gasteiger partial charge in [0.25, 0.3) is 0 Å². The van der Waals surface area contributed by atoms with Gasteiger partial charge in [-0.05, 0) is 38.6 Å². The molecule has 23 heavy (non-hydrogen) atoms. The van der Waals surface area contributed by atoms with E-state index in [0.717, 1.165) is 32.4 Å². The van der Waals surface area contributed by atoms with E-state index in [9.17, 15) is 4.79 Å². The van der Waals surface area contributed by atoms with Crippen LogP contribution in [0.1, 0.15) is 91.9 Å². The van der Waals surface area contributed by atoms with Gasteiger partial charge < -0.3 is 10.2 Å². The van der Waals surface area contributed by atoms with Gasteiger partial charge in [0.2, 0.25) is 5.91 Å². The van der Waals surface area contributed by atoms with E-state index in [0.29, 0.717) is 17.9 Å². The molecule has 1 aliphatic rings. The van der Waals surface area contributed by atoms with Crippen LogP contribution in [0, 0.1) is 5.92 Å². The Morgan fingerprint density at radius 1 is 1.04 bits per heavy atom. The standard InChI is InChI=1S/C18H36N2O.C2H6/c1-4-6-8-10-16(9-7-5-2)15-18(21)20-13-11-17(19-3)12-14-20;1-2/h16-17,19H,4-15H2,1-3H3;1-2H3. The van der Waals surface area contributed by atoms with E-state index < -0.39 is 0 Å². The zero-order valence-electron chi connectivity index (χ0n) is 16.5. The number of nitrogens with zero attached hydrogens (tertiary/aromatic N) is 1. The number of piperidine rings is 1. The van der Waals surface area contributed by atoms with Crippen LogP contribution in [0.25, 0.3) is 0 Å². The Morgan fingerprint density at radius 2 is 1.61 bits per heavy atom. The topological polar surface area (TPSA) is 32.3 Å². The lowest BCUT2D eigenvalue weighted by atomic mass is 9.91. The maximum atomic E-state index is 12.5. The molecule has 3 heteroatoms. The number of rotatable bonds is 10. The Labute approximate surface area is 145 Å². The second-order valence-corrected chi connectivity index (χ2v) is 6.65. The Hall–Kier alpha value is -0.570. The van der Waals surface area contributed by atoms with Crippen molar-refractivity contribution in [2.24, 2.45) is 5.92 Å². The third-order valence-corrected chi connectivity index (χ3v) is 4.90. The lowest BCUT2D eigenvalue weighted by Crippen LogP contribution is -2.44. The molecule has 1 heterocycles. The van der Waals surface area contributed by atoms with Gasteiger partial charge in [0.05, 0.1) is 0 Å². The van der Waals surface area contributed by atoms with Crippen LogP contribution in [0.3, 0.4) is 0 Å². The predicted molar refractivity (Wildman–Crippen MR) is 102 cm³/mol. The first-order valence-corrected chi connectivity index (χ1v) is 10.2. The normalized spacial score (nSPS) is 16.7. The Kier molecular flexibility index (Phi) is 14.6. The molecule has 0 aliphatic carbocycles. The van der Waals surface area contributed by atoms with Gasteiger partial charge in [-0.2, -0.15) is 0 Å². The van der Waals surface area contributed by atoms with Crippen molar-refractivity contribution in [2.45, 2.75) is 97.9 Å². The molecule has 1 amide bonds. The summed E-state index contributed by atoms with van der Waals surface area (Å²) in [6.45, 7) is 10.4. The fourth-order valence-corrected chi connectivity index (χ4v) is 3.32. The zero-order chi connectivity index (χ0) is 17.5. The molecule has 138 valence electrons. The van der Waals surface area contributed by atoms with Crippen molar-refractivity contribution in [1.29, 1.82) is 0 Å². The Balaban J connectivity index is 0.00000232. The third-order valence-electron chi connectivity index (χ3n) is 4.90. The van der Waals surface area contributed by atoms with Gasteiger partial charge >= 0.3 is 0 Å². The van der Waals surface area contributed by atoms with Crippen LogP contribution >= 0.6 is 0 Å². The molecule has 0 aromatic heterocycles. The molecule has 0 bridgehead atoms. The monoisotopic (exact) mass is 326 g/mol. The quantitative estimate of drug-likeness (QED) is 0.573. The van der Waals surface area contributed by atoms with Gasteiger partial charge in [0.1, 0.15) is 0 Å². The minimum Gasteiger partial charge on any atom is -0.343 e. The van der Waals surface area contributed by atoms with Crippen molar-refractivity contribution in [3.05, 3.63) is 0 Å². The van der Waals surface area contributed by atoms with E-state index in [1.54, 1.807) is 0 Å². The second kappa shape index (κ2) is 15.0. The Morgan fingerprint density at radius 3 is 2.13 bits per heavy atom. The van der Waals surface area contributed by atoms with Crippen molar-refractivity contribution in [2.75, 3.05) is 20.1 Å². The summed E-state index contributed by atoms with van der Waals surface area (Å²) in [5, 5.41) is 3.33. The van der Waals surface area contributed by atoms with Gasteiger partial charge in [0.15, 0.2) is 0 Å². The first-order valence-electron chi connectivity index (χ1n) is 10.2. The average molecular weight is 327 g/mol. The van der Waals surface area contributed by atoms with E-state index >= 15 is 0 Å². The lowest BCUT2D eigenvalue weighted by molar-refractivity contribution is -0.133. The van der Waals surface area contributed by atoms with Crippen molar-refractivity contribution in [3.8, 4) is 0 Å². The summed E-state index contributed by atoms with van der Waals surface area (Å²) in [6, 6.07) is 0.606. The molecule has 1 N–H and O–H groups in total. The molecule has 1 saturated heterocycles. The SMILES string of the molecule is CC.CCCCCC(CCCC)CC(=O)N1CCC(NC)CC1. The predicted octanol–water partition coefficient (Wildman–Crippen LogP) is 5.00. The molecule has 1 fully saturated rings. The molecule has 0 aromatic rings. The van der Waals surface area contributed by atoms with Crippen molar-refractivity contribution < 1.29 is 4.79 Å². The molecule has 0 radical (unpaired) electrons. The number of carbonyl (C=O) groups excluding carboxylic acids is 1. The lowest BCUT2D eigenvalue weighted by Gasteiger charge is -2.33. The maximum absolute atomic E-state index is 12.5. The van der Waals surface area contributed by atoms with Crippen LogP contribution in [0.4, 0.5) is 0 Å². The first-order chi connectivity index (χ1) is 11.2. The maximum Gasteiger partial charge on any atom is 0.222 e. The number of nitrogens with one attached hydrogen (secondary N) is 1. The molecular formula is C20H42N2O. The molecule has 0 aromatic carbocycles. The highest BCUT2D eigenvalue weighted by atomic mass is 16.2. The van der Waals surface area contributed by atoms with Crippen LogP contribution in [0.5, 0.6) is 0 Å². The Bertz CT molecular complexity index is 273. The van der Waals surface area contributed by atoms with E-state index in [1.807, 2.05) is 20.9 Å². The summed E-state index contributed by atoms with van der Waals surface area (Å²) in [7, 11) is 2.02. The fourth-order valence-electron chi connectivity index (χ4n) is 3.32. The number of carbonyl (C=O) groups is 1. The van der Waals surface area contributed by atoms with Crippen LogP contribution in [-0.4, -0.2) is 37.0 Å². The highest BCUT2D eigenvalue weighted by Crippen LogP contribution is 2.22. The highest BCUT2D eigenvalue weighted by molar-refractivity contribution is 5.76. The van der Waals surface area contributed by atoms with Crippen molar-refractivity contribution >= 4 is 5.91 Å². The van der Waals surface area contributed by atoms with Crippen LogP contribution < -0.4 is 5.32 Å². The zero-order valence-corrected chi connectivity index (χ0v) is 16.5. The molecular weight excluding hydrogens is 284 g/mol. The molecule has 0 saturated carbocycles. The molecule has 1 aliphatic heterocycles. The van der Waals surface area contributed by atoms with E-state index in [1.165, 1.54) is 44.9 Å². The number of likely N-dealkylation sites (tertiary alicyclic amines) is 1. The molecule has 1 rings (SSSR count). The number of amides is 1. The van der Waals surface area contributed by atoms with Gasteiger partial charge in [-0.25, -0.2) is 0 Å². The van der Waals surface area contributed by atoms with Crippen LogP contribution in [-0.2, 0) is 4.79 Å². The van der Waals surface area contributed by atoms with Crippen LogP contribution in [0.15, 0.2) is 0 Å². The van der Waals surface area contributed by atoms with Gasteiger partial charge in [-0.1, -0.05) is 59.8 Å². The largest absolute Gasteiger partial charge is 0.343 e. The smallest absolute Gasteiger partial charge is 0.222 e. The molecule has 1 unspecified atom stereocenters. The summed E-state index contributed by atoms with van der Waals surface area (Å²) in [4.78, 5) is 14.6. The average Bonchev–Trinajstić information content (AvgIpc) is 2.61. The molecule has 0 spiro atoms. The summed E-state index contributed by atoms with van der Waals surface area (Å²) < 4.78 is 0. The summed E-state index contributed by atoms with van der Waals surface area (Å²) in [5.74, 6) is 1.02. The summed E-state index contributed by atoms with van der Waals surface area (Å²) >= 11 is 0. The van der Waals surface area contributed by atoms with E-state index in [2.05, 4.69) is 24.1 Å². The van der Waals surface area contributed by atoms with E-state index in [4.69, 9.17) is 0 Å². The van der Waals surface area contributed by atoms with Gasteiger partial charge in [-0.3, -0.25) is 4.79 Å². The minimum absolute atomic E-state index is 0.405. The van der Waals surface area contributed by atoms with Gasteiger partial charge in [-0.15, -0.1) is 0 Å². The molecule has 1 atom stereocenters. The number of hydrogen-bond acceptors (Lipinski definition) is 2. The van der Waals surface area contributed by atoms with Crippen LogP contribution in [0.2, 0.25) is 0 Å².